The Morgan fingerprint density at radius 3 is 2.26 bits per heavy atom. The van der Waals surface area contributed by atoms with Crippen LogP contribution in [0.1, 0.15) is 0 Å². The molecule has 0 radical (unpaired) electrons. The molecule has 0 heterocycles. The second-order valence-electron chi connectivity index (χ2n) is 5.37. The van der Waals surface area contributed by atoms with Crippen molar-refractivity contribution in [2.45, 2.75) is 0 Å². The summed E-state index contributed by atoms with van der Waals surface area (Å²) in [6, 6.07) is 17.5. The van der Waals surface area contributed by atoms with Crippen LogP contribution in [0.15, 0.2) is 59.8 Å². The second kappa shape index (κ2) is 5.21. The molecule has 112 valence electrons. The molecule has 4 heteroatoms. The first-order chi connectivity index (χ1) is 11.2. The molecule has 0 atom stereocenters. The number of hydrogen-bond donors (Lipinski definition) is 0. The number of fused-ring (bicyclic) bond motifs is 6. The topological polar surface area (TPSA) is 38.7 Å². The average molecular weight is 322 g/mol. The van der Waals surface area contributed by atoms with Gasteiger partial charge in [-0.1, -0.05) is 41.9 Å². The lowest BCUT2D eigenvalue weighted by Gasteiger charge is -2.13. The van der Waals surface area contributed by atoms with Crippen LogP contribution in [0.2, 0.25) is 5.02 Å². The van der Waals surface area contributed by atoms with Crippen molar-refractivity contribution >= 4 is 49.6 Å². The summed E-state index contributed by atoms with van der Waals surface area (Å²) >= 11 is 6.19. The Bertz CT molecular complexity index is 1090. The van der Waals surface area contributed by atoms with Crippen LogP contribution < -0.4 is 4.74 Å². The first-order valence-corrected chi connectivity index (χ1v) is 7.56. The number of methoxy groups -OCH3 is 1. The van der Waals surface area contributed by atoms with Crippen LogP contribution >= 0.6 is 11.6 Å². The summed E-state index contributed by atoms with van der Waals surface area (Å²) in [5.74, 6) is 0.471. The van der Waals surface area contributed by atoms with Gasteiger partial charge < -0.3 is 4.74 Å². The lowest BCUT2D eigenvalue weighted by Crippen LogP contribution is -1.88. The van der Waals surface area contributed by atoms with Gasteiger partial charge in [-0.15, -0.1) is 4.91 Å². The Morgan fingerprint density at radius 2 is 1.52 bits per heavy atom. The highest BCUT2D eigenvalue weighted by atomic mass is 35.5. The molecular formula is C19H12ClNO2. The van der Waals surface area contributed by atoms with E-state index in [1.807, 2.05) is 48.5 Å². The van der Waals surface area contributed by atoms with Gasteiger partial charge in [-0.25, -0.2) is 0 Å². The van der Waals surface area contributed by atoms with Crippen molar-refractivity contribution < 1.29 is 4.74 Å². The highest BCUT2D eigenvalue weighted by Gasteiger charge is 2.16. The molecule has 4 rings (SSSR count). The molecule has 0 saturated carbocycles. The van der Waals surface area contributed by atoms with Crippen LogP contribution in [0.3, 0.4) is 0 Å². The fourth-order valence-corrected chi connectivity index (χ4v) is 3.41. The highest BCUT2D eigenvalue weighted by molar-refractivity contribution is 6.34. The zero-order chi connectivity index (χ0) is 16.0. The van der Waals surface area contributed by atoms with Gasteiger partial charge in [-0.05, 0) is 56.4 Å². The van der Waals surface area contributed by atoms with E-state index in [0.29, 0.717) is 16.5 Å². The van der Waals surface area contributed by atoms with Gasteiger partial charge in [-0.3, -0.25) is 0 Å². The number of hydrogen-bond acceptors (Lipinski definition) is 3. The summed E-state index contributed by atoms with van der Waals surface area (Å²) in [6.45, 7) is 0. The molecule has 0 amide bonds. The maximum atomic E-state index is 11.5. The van der Waals surface area contributed by atoms with E-state index < -0.39 is 0 Å². The number of nitroso groups, excluding NO2 is 1. The van der Waals surface area contributed by atoms with E-state index >= 15 is 0 Å². The predicted molar refractivity (Wildman–Crippen MR) is 96.0 cm³/mol. The smallest absolute Gasteiger partial charge is 0.158 e. The van der Waals surface area contributed by atoms with Crippen molar-refractivity contribution in [2.24, 2.45) is 5.18 Å². The molecule has 0 N–H and O–H groups in total. The van der Waals surface area contributed by atoms with Crippen LogP contribution in [0, 0.1) is 4.91 Å². The van der Waals surface area contributed by atoms with E-state index in [2.05, 4.69) is 5.18 Å². The lowest BCUT2D eigenvalue weighted by molar-refractivity contribution is 0.416. The minimum Gasteiger partial charge on any atom is -0.494 e. The van der Waals surface area contributed by atoms with Crippen LogP contribution in [-0.2, 0) is 0 Å². The van der Waals surface area contributed by atoms with Gasteiger partial charge in [0.1, 0.15) is 5.75 Å². The fraction of sp³-hybridized carbons (Fsp3) is 0.0526. The molecule has 0 saturated heterocycles. The molecule has 0 aliphatic heterocycles. The summed E-state index contributed by atoms with van der Waals surface area (Å²) in [6.07, 6.45) is 0. The Hall–Kier alpha value is -2.65. The van der Waals surface area contributed by atoms with E-state index in [1.54, 1.807) is 6.07 Å². The third kappa shape index (κ3) is 1.97. The summed E-state index contributed by atoms with van der Waals surface area (Å²) in [5, 5.41) is 9.77. The molecule has 4 aromatic rings. The quantitative estimate of drug-likeness (QED) is 0.325. The van der Waals surface area contributed by atoms with Crippen molar-refractivity contribution in [3.63, 3.8) is 0 Å². The molecule has 3 nitrogen and oxygen atoms in total. The van der Waals surface area contributed by atoms with Gasteiger partial charge in [0.25, 0.3) is 0 Å². The molecule has 0 fully saturated rings. The maximum Gasteiger partial charge on any atom is 0.158 e. The van der Waals surface area contributed by atoms with Crippen LogP contribution in [-0.4, -0.2) is 7.11 Å². The summed E-state index contributed by atoms with van der Waals surface area (Å²) in [7, 11) is 1.54. The van der Waals surface area contributed by atoms with Crippen LogP contribution in [0.25, 0.3) is 32.3 Å². The van der Waals surface area contributed by atoms with E-state index in [0.717, 1.165) is 32.3 Å². The van der Waals surface area contributed by atoms with Crippen LogP contribution in [0.4, 0.5) is 5.69 Å². The highest BCUT2D eigenvalue weighted by Crippen LogP contribution is 2.44. The zero-order valence-electron chi connectivity index (χ0n) is 12.3. The number of halogens is 1. The van der Waals surface area contributed by atoms with E-state index in [-0.39, 0.29) is 0 Å². The van der Waals surface area contributed by atoms with Crippen molar-refractivity contribution in [3.05, 3.63) is 64.5 Å². The SMILES string of the molecule is COc1ccc2c3cc(Cl)ccc3c3ccccc3c2c1N=O. The third-order valence-electron chi connectivity index (χ3n) is 4.21. The molecule has 0 bridgehead atoms. The number of rotatable bonds is 2. The Kier molecular flexibility index (Phi) is 3.17. The van der Waals surface area contributed by atoms with E-state index in [4.69, 9.17) is 16.3 Å². The molecule has 0 spiro atoms. The molecule has 0 aliphatic carbocycles. The average Bonchev–Trinajstić information content (AvgIpc) is 2.60. The molecule has 23 heavy (non-hydrogen) atoms. The number of nitrogens with zero attached hydrogens (tertiary/aromatic N) is 1. The number of benzene rings is 4. The fourth-order valence-electron chi connectivity index (χ4n) is 3.23. The Labute approximate surface area is 137 Å². The van der Waals surface area contributed by atoms with Crippen molar-refractivity contribution in [2.75, 3.05) is 7.11 Å². The van der Waals surface area contributed by atoms with Crippen molar-refractivity contribution in [3.8, 4) is 5.75 Å². The van der Waals surface area contributed by atoms with Gasteiger partial charge in [0.2, 0.25) is 0 Å². The third-order valence-corrected chi connectivity index (χ3v) is 4.45. The van der Waals surface area contributed by atoms with Gasteiger partial charge >= 0.3 is 0 Å². The summed E-state index contributed by atoms with van der Waals surface area (Å²) < 4.78 is 5.31. The molecule has 4 aromatic carbocycles. The van der Waals surface area contributed by atoms with Gasteiger partial charge in [0, 0.05) is 10.4 Å². The monoisotopic (exact) mass is 321 g/mol. The van der Waals surface area contributed by atoms with Gasteiger partial charge in [-0.2, -0.15) is 0 Å². The predicted octanol–water partition coefficient (Wildman–Crippen LogP) is 6.21. The van der Waals surface area contributed by atoms with Crippen LogP contribution in [0.5, 0.6) is 5.75 Å². The van der Waals surface area contributed by atoms with Crippen molar-refractivity contribution in [1.82, 2.24) is 0 Å². The first-order valence-electron chi connectivity index (χ1n) is 7.18. The molecule has 0 aromatic heterocycles. The Morgan fingerprint density at radius 1 is 0.870 bits per heavy atom. The second-order valence-corrected chi connectivity index (χ2v) is 5.80. The normalized spacial score (nSPS) is 11.2. The van der Waals surface area contributed by atoms with Gasteiger partial charge in [0.15, 0.2) is 5.69 Å². The maximum absolute atomic E-state index is 11.5. The lowest BCUT2D eigenvalue weighted by atomic mass is 9.93. The molecule has 0 aliphatic rings. The van der Waals surface area contributed by atoms with Crippen molar-refractivity contribution in [1.29, 1.82) is 0 Å². The standard InChI is InChI=1S/C19H12ClNO2/c1-23-17-9-8-15-16-10-11(20)6-7-13(16)12-4-2-3-5-14(12)18(15)19(17)21-22/h2-10H,1H3. The minimum atomic E-state index is 0.322. The first kappa shape index (κ1) is 14.0. The van der Waals surface area contributed by atoms with Gasteiger partial charge in [0.05, 0.1) is 7.11 Å². The summed E-state index contributed by atoms with van der Waals surface area (Å²) in [5.41, 5.74) is 0.322. The molecule has 0 unspecified atom stereocenters. The minimum absolute atomic E-state index is 0.322. The molecular weight excluding hydrogens is 310 g/mol. The Balaban J connectivity index is 2.40. The van der Waals surface area contributed by atoms with E-state index in [1.165, 1.54) is 7.11 Å². The number of ether oxygens (including phenoxy) is 1. The summed E-state index contributed by atoms with van der Waals surface area (Å²) in [4.78, 5) is 11.5. The van der Waals surface area contributed by atoms with E-state index in [9.17, 15) is 4.91 Å². The zero-order valence-corrected chi connectivity index (χ0v) is 13.1. The largest absolute Gasteiger partial charge is 0.494 e.